The van der Waals surface area contributed by atoms with E-state index in [2.05, 4.69) is 0 Å². The Hall–Kier alpha value is -1.59. The molecule has 5 aliphatic rings. The average Bonchev–Trinajstić information content (AvgIpc) is 3.08. The van der Waals surface area contributed by atoms with Crippen LogP contribution in [0.3, 0.4) is 0 Å². The van der Waals surface area contributed by atoms with E-state index < -0.39 is 12.0 Å². The minimum atomic E-state index is -0.992. The largest absolute Gasteiger partial charge is 0.480 e. The minimum absolute atomic E-state index is 0.171. The third-order valence-corrected chi connectivity index (χ3v) is 7.42. The Morgan fingerprint density at radius 1 is 1.07 bits per heavy atom. The zero-order valence-electron chi connectivity index (χ0n) is 16.4. The van der Waals surface area contributed by atoms with E-state index in [0.717, 1.165) is 25.7 Å². The summed E-state index contributed by atoms with van der Waals surface area (Å²) in [7, 11) is 0. The van der Waals surface area contributed by atoms with Gasteiger partial charge in [0.25, 0.3) is 0 Å². The van der Waals surface area contributed by atoms with E-state index in [1.54, 1.807) is 0 Å². The van der Waals surface area contributed by atoms with Crippen molar-refractivity contribution < 1.29 is 19.5 Å². The summed E-state index contributed by atoms with van der Waals surface area (Å²) in [4.78, 5) is 41.2. The lowest BCUT2D eigenvalue weighted by Crippen LogP contribution is -2.57. The molecule has 0 aromatic rings. The van der Waals surface area contributed by atoms with Crippen LogP contribution in [0.4, 0.5) is 0 Å². The highest BCUT2D eigenvalue weighted by Crippen LogP contribution is 2.60. The maximum absolute atomic E-state index is 13.7. The Bertz CT molecular complexity index is 596. The molecule has 1 N–H and O–H groups in total. The fourth-order valence-electron chi connectivity index (χ4n) is 6.85. The van der Waals surface area contributed by atoms with Gasteiger partial charge in [0.05, 0.1) is 5.41 Å². The summed E-state index contributed by atoms with van der Waals surface area (Å²) in [5.74, 6) is 1.12. The first kappa shape index (κ1) is 18.8. The second-order valence-corrected chi connectivity index (χ2v) is 9.51. The van der Waals surface area contributed by atoms with Crippen LogP contribution in [0.5, 0.6) is 0 Å². The summed E-state index contributed by atoms with van der Waals surface area (Å²) in [6.07, 6.45) is 9.09. The van der Waals surface area contributed by atoms with Gasteiger partial charge in [0.15, 0.2) is 0 Å². The number of carbonyl (C=O) groups is 3. The Morgan fingerprint density at radius 3 is 2.19 bits per heavy atom. The molecule has 0 radical (unpaired) electrons. The van der Waals surface area contributed by atoms with Crippen LogP contribution >= 0.6 is 0 Å². The van der Waals surface area contributed by atoms with Crippen LogP contribution in [-0.2, 0) is 14.4 Å². The van der Waals surface area contributed by atoms with Crippen molar-refractivity contribution in [2.75, 3.05) is 19.6 Å². The van der Waals surface area contributed by atoms with Crippen LogP contribution in [-0.4, -0.2) is 58.4 Å². The van der Waals surface area contributed by atoms with Crippen LogP contribution in [0, 0.1) is 23.2 Å². The fourth-order valence-corrected chi connectivity index (χ4v) is 6.85. The quantitative estimate of drug-likeness (QED) is 0.773. The van der Waals surface area contributed by atoms with Crippen molar-refractivity contribution in [3.8, 4) is 0 Å². The van der Waals surface area contributed by atoms with Gasteiger partial charge in [-0.3, -0.25) is 14.4 Å². The summed E-state index contributed by atoms with van der Waals surface area (Å²) < 4.78 is 0. The lowest BCUT2D eigenvalue weighted by atomic mass is 9.49. The SMILES string of the molecule is CCCN(CC(=O)O)C(=O)C1CCCN1C(=O)C12CC3CC(CC(C3)C1)C2. The highest BCUT2D eigenvalue weighted by atomic mass is 16.4. The Balaban J connectivity index is 1.51. The van der Waals surface area contributed by atoms with Gasteiger partial charge >= 0.3 is 5.97 Å². The normalized spacial score (nSPS) is 36.9. The first-order valence-corrected chi connectivity index (χ1v) is 10.7. The minimum Gasteiger partial charge on any atom is -0.480 e. The molecule has 0 spiro atoms. The summed E-state index contributed by atoms with van der Waals surface area (Å²) in [6.45, 7) is 2.74. The molecule has 0 aromatic heterocycles. The topological polar surface area (TPSA) is 77.9 Å². The molecule has 5 fully saturated rings. The predicted molar refractivity (Wildman–Crippen MR) is 99.8 cm³/mol. The summed E-state index contributed by atoms with van der Waals surface area (Å²) in [6, 6.07) is -0.462. The molecule has 1 unspecified atom stereocenters. The zero-order valence-corrected chi connectivity index (χ0v) is 16.4. The van der Waals surface area contributed by atoms with Gasteiger partial charge in [-0.1, -0.05) is 6.92 Å². The molecule has 1 atom stereocenters. The van der Waals surface area contributed by atoms with Gasteiger partial charge in [-0.25, -0.2) is 0 Å². The highest BCUT2D eigenvalue weighted by Gasteiger charge is 2.57. The van der Waals surface area contributed by atoms with Gasteiger partial charge in [-0.2, -0.15) is 0 Å². The second-order valence-electron chi connectivity index (χ2n) is 9.51. The molecule has 27 heavy (non-hydrogen) atoms. The van der Waals surface area contributed by atoms with Gasteiger partial charge in [0, 0.05) is 13.1 Å². The second kappa shape index (κ2) is 7.10. The number of hydrogen-bond donors (Lipinski definition) is 1. The molecule has 6 heteroatoms. The smallest absolute Gasteiger partial charge is 0.323 e. The monoisotopic (exact) mass is 376 g/mol. The number of rotatable bonds is 6. The fraction of sp³-hybridized carbons (Fsp3) is 0.857. The van der Waals surface area contributed by atoms with E-state index in [9.17, 15) is 14.4 Å². The van der Waals surface area contributed by atoms with Crippen LogP contribution in [0.15, 0.2) is 0 Å². The molecule has 5 rings (SSSR count). The first-order valence-electron chi connectivity index (χ1n) is 10.7. The number of carboxylic acid groups (broad SMARTS) is 1. The van der Waals surface area contributed by atoms with Crippen molar-refractivity contribution >= 4 is 17.8 Å². The molecule has 4 saturated carbocycles. The van der Waals surface area contributed by atoms with Gasteiger partial charge in [0.1, 0.15) is 12.6 Å². The third-order valence-electron chi connectivity index (χ3n) is 7.42. The van der Waals surface area contributed by atoms with E-state index >= 15 is 0 Å². The third kappa shape index (κ3) is 3.36. The van der Waals surface area contributed by atoms with Crippen molar-refractivity contribution in [3.05, 3.63) is 0 Å². The molecular formula is C21H32N2O4. The first-order chi connectivity index (χ1) is 12.9. The van der Waals surface area contributed by atoms with Crippen LogP contribution in [0.1, 0.15) is 64.7 Å². The van der Waals surface area contributed by atoms with E-state index in [4.69, 9.17) is 5.11 Å². The maximum atomic E-state index is 13.7. The number of aliphatic carboxylic acids is 1. The summed E-state index contributed by atoms with van der Waals surface area (Å²) in [5.41, 5.74) is -0.236. The van der Waals surface area contributed by atoms with Crippen molar-refractivity contribution in [2.24, 2.45) is 23.2 Å². The molecule has 150 valence electrons. The number of likely N-dealkylation sites (tertiary alicyclic amines) is 1. The molecule has 4 bridgehead atoms. The van der Waals surface area contributed by atoms with Crippen LogP contribution < -0.4 is 0 Å². The van der Waals surface area contributed by atoms with Crippen LogP contribution in [0.25, 0.3) is 0 Å². The zero-order chi connectivity index (χ0) is 19.2. The maximum Gasteiger partial charge on any atom is 0.323 e. The number of hydrogen-bond acceptors (Lipinski definition) is 3. The van der Waals surface area contributed by atoms with Crippen molar-refractivity contribution in [2.45, 2.75) is 70.8 Å². The standard InChI is InChI=1S/C21H32N2O4/c1-2-5-22(13-18(24)25)19(26)17-4-3-6-23(17)20(27)21-10-14-7-15(11-21)9-16(8-14)12-21/h14-17H,2-13H2,1H3,(H,24,25). The Labute approximate surface area is 161 Å². The molecule has 0 aromatic carbocycles. The van der Waals surface area contributed by atoms with Gasteiger partial charge in [-0.15, -0.1) is 0 Å². The molecule has 1 saturated heterocycles. The molecule has 1 heterocycles. The molecule has 1 aliphatic heterocycles. The predicted octanol–water partition coefficient (Wildman–Crippen LogP) is 2.52. The van der Waals surface area contributed by atoms with E-state index in [0.29, 0.717) is 43.7 Å². The lowest BCUT2D eigenvalue weighted by molar-refractivity contribution is -0.162. The summed E-state index contributed by atoms with van der Waals surface area (Å²) >= 11 is 0. The molecule has 2 amide bonds. The van der Waals surface area contributed by atoms with Crippen molar-refractivity contribution in [1.82, 2.24) is 9.80 Å². The number of nitrogens with zero attached hydrogens (tertiary/aromatic N) is 2. The Kier molecular flexibility index (Phi) is 4.93. The molecule has 6 nitrogen and oxygen atoms in total. The van der Waals surface area contributed by atoms with Crippen molar-refractivity contribution in [3.63, 3.8) is 0 Å². The van der Waals surface area contributed by atoms with Gasteiger partial charge in [-0.05, 0) is 75.5 Å². The molecular weight excluding hydrogens is 344 g/mol. The number of carbonyl (C=O) groups excluding carboxylic acids is 2. The molecule has 4 aliphatic carbocycles. The highest BCUT2D eigenvalue weighted by molar-refractivity contribution is 5.92. The number of carboxylic acids is 1. The van der Waals surface area contributed by atoms with Gasteiger partial charge in [0.2, 0.25) is 11.8 Å². The summed E-state index contributed by atoms with van der Waals surface area (Å²) in [5, 5.41) is 9.16. The van der Waals surface area contributed by atoms with Gasteiger partial charge < -0.3 is 14.9 Å². The van der Waals surface area contributed by atoms with E-state index in [1.165, 1.54) is 24.2 Å². The lowest BCUT2D eigenvalue weighted by Gasteiger charge is -2.56. The van der Waals surface area contributed by atoms with Crippen molar-refractivity contribution in [1.29, 1.82) is 0 Å². The van der Waals surface area contributed by atoms with E-state index in [1.807, 2.05) is 11.8 Å². The van der Waals surface area contributed by atoms with E-state index in [-0.39, 0.29) is 23.8 Å². The Morgan fingerprint density at radius 2 is 1.67 bits per heavy atom. The average molecular weight is 376 g/mol. The van der Waals surface area contributed by atoms with Crippen LogP contribution in [0.2, 0.25) is 0 Å². The number of amides is 2.